The Labute approximate surface area is 77.3 Å². The van der Waals surface area contributed by atoms with Gasteiger partial charge < -0.3 is 4.74 Å². The highest BCUT2D eigenvalue weighted by atomic mass is 16.5. The first kappa shape index (κ1) is 11.8. The molecule has 0 N–H and O–H groups in total. The number of hydrogen-bond donors (Lipinski definition) is 0. The first-order chi connectivity index (χ1) is 6.02. The van der Waals surface area contributed by atoms with Gasteiger partial charge in [0.1, 0.15) is 11.7 Å². The molecular weight excluding hydrogens is 172 g/mol. The van der Waals surface area contributed by atoms with Crippen molar-refractivity contribution in [1.82, 2.24) is 0 Å². The number of carbonyl (C=O) groups excluding carboxylic acids is 3. The van der Waals surface area contributed by atoms with E-state index in [1.807, 2.05) is 0 Å². The summed E-state index contributed by atoms with van der Waals surface area (Å²) >= 11 is 0. The van der Waals surface area contributed by atoms with Crippen LogP contribution >= 0.6 is 0 Å². The molecule has 0 heterocycles. The number of rotatable bonds is 5. The fraction of sp³-hybridized carbons (Fsp3) is 0.667. The van der Waals surface area contributed by atoms with Crippen molar-refractivity contribution in [2.45, 2.75) is 26.7 Å². The van der Waals surface area contributed by atoms with E-state index in [4.69, 9.17) is 0 Å². The van der Waals surface area contributed by atoms with E-state index >= 15 is 0 Å². The van der Waals surface area contributed by atoms with Gasteiger partial charge in [-0.2, -0.15) is 0 Å². The number of carbonyl (C=O) groups is 3. The van der Waals surface area contributed by atoms with E-state index in [1.54, 1.807) is 6.92 Å². The Hall–Kier alpha value is -1.19. The standard InChI is InChI=1S/C9H14O4/c1-4-7(9(12)13-3)8(11)5-6(2)10/h7H,4-5H2,1-3H3. The summed E-state index contributed by atoms with van der Waals surface area (Å²) in [6.45, 7) is 3.03. The molecule has 0 amide bonds. The monoisotopic (exact) mass is 186 g/mol. The van der Waals surface area contributed by atoms with Crippen molar-refractivity contribution in [1.29, 1.82) is 0 Å². The van der Waals surface area contributed by atoms with Crippen molar-refractivity contribution in [3.63, 3.8) is 0 Å². The highest BCUT2D eigenvalue weighted by Crippen LogP contribution is 2.09. The molecule has 1 atom stereocenters. The van der Waals surface area contributed by atoms with Crippen LogP contribution in [0.15, 0.2) is 0 Å². The van der Waals surface area contributed by atoms with Crippen LogP contribution in [0.5, 0.6) is 0 Å². The second-order valence-corrected chi connectivity index (χ2v) is 2.83. The molecule has 0 aliphatic heterocycles. The van der Waals surface area contributed by atoms with Crippen LogP contribution in [0.4, 0.5) is 0 Å². The summed E-state index contributed by atoms with van der Waals surface area (Å²) in [5, 5.41) is 0. The predicted molar refractivity (Wildman–Crippen MR) is 46.1 cm³/mol. The normalized spacial score (nSPS) is 11.9. The average molecular weight is 186 g/mol. The number of hydrogen-bond acceptors (Lipinski definition) is 4. The van der Waals surface area contributed by atoms with Crippen LogP contribution in [-0.4, -0.2) is 24.6 Å². The third-order valence-corrected chi connectivity index (χ3v) is 1.71. The highest BCUT2D eigenvalue weighted by molar-refractivity contribution is 6.07. The van der Waals surface area contributed by atoms with Gasteiger partial charge in [-0.3, -0.25) is 14.4 Å². The Morgan fingerprint density at radius 2 is 1.85 bits per heavy atom. The second-order valence-electron chi connectivity index (χ2n) is 2.83. The molecule has 0 aliphatic carbocycles. The minimum absolute atomic E-state index is 0.187. The van der Waals surface area contributed by atoms with Gasteiger partial charge in [0.05, 0.1) is 13.5 Å². The molecule has 0 aromatic heterocycles. The van der Waals surface area contributed by atoms with Crippen LogP contribution in [0.25, 0.3) is 0 Å². The van der Waals surface area contributed by atoms with Crippen LogP contribution in [0.1, 0.15) is 26.7 Å². The summed E-state index contributed by atoms with van der Waals surface area (Å²) in [6.07, 6.45) is 0.187. The third kappa shape index (κ3) is 3.83. The number of Topliss-reactive ketones (excluding diaryl/α,β-unsaturated/α-hetero) is 2. The molecule has 0 bridgehead atoms. The highest BCUT2D eigenvalue weighted by Gasteiger charge is 2.25. The lowest BCUT2D eigenvalue weighted by Crippen LogP contribution is -2.25. The molecule has 0 radical (unpaired) electrons. The summed E-state index contributed by atoms with van der Waals surface area (Å²) in [6, 6.07) is 0. The molecule has 0 saturated heterocycles. The lowest BCUT2D eigenvalue weighted by Gasteiger charge is -2.09. The maximum absolute atomic E-state index is 11.3. The number of esters is 1. The Morgan fingerprint density at radius 1 is 1.31 bits per heavy atom. The van der Waals surface area contributed by atoms with Gasteiger partial charge in [-0.25, -0.2) is 0 Å². The Bertz CT molecular complexity index is 220. The Morgan fingerprint density at radius 3 is 2.15 bits per heavy atom. The smallest absolute Gasteiger partial charge is 0.316 e. The van der Waals surface area contributed by atoms with Crippen molar-refractivity contribution in [2.75, 3.05) is 7.11 Å². The summed E-state index contributed by atoms with van der Waals surface area (Å²) in [5.41, 5.74) is 0. The molecule has 1 unspecified atom stereocenters. The molecule has 0 fully saturated rings. The number of methoxy groups -OCH3 is 1. The van der Waals surface area contributed by atoms with Crippen LogP contribution in [0.2, 0.25) is 0 Å². The van der Waals surface area contributed by atoms with Crippen molar-refractivity contribution in [3.05, 3.63) is 0 Å². The molecule has 0 rings (SSSR count). The molecular formula is C9H14O4. The summed E-state index contributed by atoms with van der Waals surface area (Å²) in [5.74, 6) is -1.93. The van der Waals surface area contributed by atoms with E-state index in [2.05, 4.69) is 4.74 Å². The fourth-order valence-electron chi connectivity index (χ4n) is 1.04. The first-order valence-electron chi connectivity index (χ1n) is 4.12. The van der Waals surface area contributed by atoms with Gasteiger partial charge in [-0.05, 0) is 13.3 Å². The van der Waals surface area contributed by atoms with E-state index in [0.717, 1.165) is 0 Å². The first-order valence-corrected chi connectivity index (χ1v) is 4.12. The summed E-state index contributed by atoms with van der Waals surface area (Å²) in [4.78, 5) is 32.9. The van der Waals surface area contributed by atoms with E-state index in [1.165, 1.54) is 14.0 Å². The maximum atomic E-state index is 11.3. The van der Waals surface area contributed by atoms with Crippen molar-refractivity contribution in [2.24, 2.45) is 5.92 Å². The summed E-state index contributed by atoms with van der Waals surface area (Å²) < 4.78 is 4.43. The topological polar surface area (TPSA) is 60.4 Å². The minimum atomic E-state index is -0.783. The van der Waals surface area contributed by atoms with E-state index in [0.29, 0.717) is 6.42 Å². The largest absolute Gasteiger partial charge is 0.468 e. The fourth-order valence-corrected chi connectivity index (χ4v) is 1.04. The zero-order chi connectivity index (χ0) is 10.4. The molecule has 4 nitrogen and oxygen atoms in total. The molecule has 0 aliphatic rings. The van der Waals surface area contributed by atoms with Crippen LogP contribution in [0, 0.1) is 5.92 Å². The van der Waals surface area contributed by atoms with Crippen LogP contribution < -0.4 is 0 Å². The van der Waals surface area contributed by atoms with Crippen molar-refractivity contribution in [3.8, 4) is 0 Å². The average Bonchev–Trinajstić information content (AvgIpc) is 2.03. The van der Waals surface area contributed by atoms with Gasteiger partial charge in [0.25, 0.3) is 0 Å². The molecule has 0 aromatic carbocycles. The second kappa shape index (κ2) is 5.45. The van der Waals surface area contributed by atoms with Gasteiger partial charge >= 0.3 is 5.97 Å². The third-order valence-electron chi connectivity index (χ3n) is 1.71. The molecule has 0 spiro atoms. The van der Waals surface area contributed by atoms with E-state index < -0.39 is 11.9 Å². The van der Waals surface area contributed by atoms with E-state index in [-0.39, 0.29) is 18.0 Å². The van der Waals surface area contributed by atoms with Crippen molar-refractivity contribution < 1.29 is 19.1 Å². The van der Waals surface area contributed by atoms with Gasteiger partial charge in [-0.15, -0.1) is 0 Å². The quantitative estimate of drug-likeness (QED) is 0.469. The molecule has 0 aromatic rings. The zero-order valence-electron chi connectivity index (χ0n) is 8.12. The van der Waals surface area contributed by atoms with Crippen molar-refractivity contribution >= 4 is 17.5 Å². The Kier molecular flexibility index (Phi) is 4.96. The SMILES string of the molecule is CCC(C(=O)CC(C)=O)C(=O)OC. The number of ether oxygens (including phenoxy) is 1. The molecule has 74 valence electrons. The predicted octanol–water partition coefficient (Wildman–Crippen LogP) is 0.734. The van der Waals surface area contributed by atoms with Gasteiger partial charge in [-0.1, -0.05) is 6.92 Å². The lowest BCUT2D eigenvalue weighted by molar-refractivity contribution is -0.149. The minimum Gasteiger partial charge on any atom is -0.468 e. The Balaban J connectivity index is 4.31. The van der Waals surface area contributed by atoms with Crippen LogP contribution in [0.3, 0.4) is 0 Å². The summed E-state index contributed by atoms with van der Waals surface area (Å²) in [7, 11) is 1.23. The van der Waals surface area contributed by atoms with Gasteiger partial charge in [0.15, 0.2) is 5.78 Å². The molecule has 13 heavy (non-hydrogen) atoms. The van der Waals surface area contributed by atoms with Gasteiger partial charge in [0, 0.05) is 0 Å². The number of ketones is 2. The molecule has 4 heteroatoms. The maximum Gasteiger partial charge on any atom is 0.316 e. The lowest BCUT2D eigenvalue weighted by atomic mass is 9.98. The zero-order valence-corrected chi connectivity index (χ0v) is 8.12. The van der Waals surface area contributed by atoms with Gasteiger partial charge in [0.2, 0.25) is 0 Å². The molecule has 0 saturated carbocycles. The van der Waals surface area contributed by atoms with Crippen LogP contribution in [-0.2, 0) is 19.1 Å². The van der Waals surface area contributed by atoms with E-state index in [9.17, 15) is 14.4 Å².